The van der Waals surface area contributed by atoms with E-state index in [0.29, 0.717) is 11.6 Å². The molecule has 1 heterocycles. The Bertz CT molecular complexity index is 583. The van der Waals surface area contributed by atoms with Crippen LogP contribution < -0.4 is 10.1 Å². The van der Waals surface area contributed by atoms with Crippen molar-refractivity contribution in [2.75, 3.05) is 13.2 Å². The number of hydrogen-bond donors (Lipinski definition) is 1. The van der Waals surface area contributed by atoms with Gasteiger partial charge >= 0.3 is 0 Å². The highest BCUT2D eigenvalue weighted by Gasteiger charge is 2.08. The molecule has 0 aliphatic rings. The molecule has 0 bridgehead atoms. The van der Waals surface area contributed by atoms with E-state index < -0.39 is 0 Å². The molecule has 1 N–H and O–H groups in total. The van der Waals surface area contributed by atoms with Gasteiger partial charge in [0.2, 0.25) is 0 Å². The normalized spacial score (nSPS) is 12.4. The molecule has 1 atom stereocenters. The van der Waals surface area contributed by atoms with Crippen LogP contribution in [0.1, 0.15) is 31.0 Å². The summed E-state index contributed by atoms with van der Waals surface area (Å²) in [6.45, 7) is 5.74. The quantitative estimate of drug-likeness (QED) is 0.852. The molecule has 2 rings (SSSR count). The maximum absolute atomic E-state index is 6.29. The van der Waals surface area contributed by atoms with E-state index in [4.69, 9.17) is 16.3 Å². The molecule has 0 amide bonds. The predicted octanol–water partition coefficient (Wildman–Crippen LogP) is 3.37. The molecular weight excluding hydrogens is 286 g/mol. The number of halogens is 1. The smallest absolute Gasteiger partial charge is 0.137 e. The summed E-state index contributed by atoms with van der Waals surface area (Å²) < 4.78 is 7.55. The lowest BCUT2D eigenvalue weighted by molar-refractivity contribution is 0.322. The summed E-state index contributed by atoms with van der Waals surface area (Å²) in [5.41, 5.74) is 2.33. The second kappa shape index (κ2) is 7.48. The summed E-state index contributed by atoms with van der Waals surface area (Å²) in [6.07, 6.45) is 4.66. The summed E-state index contributed by atoms with van der Waals surface area (Å²) in [7, 11) is 1.91. The summed E-state index contributed by atoms with van der Waals surface area (Å²) >= 11 is 6.29. The van der Waals surface area contributed by atoms with Gasteiger partial charge in [0, 0.05) is 25.7 Å². The molecule has 1 aromatic heterocycles. The van der Waals surface area contributed by atoms with Crippen molar-refractivity contribution >= 4 is 11.6 Å². The van der Waals surface area contributed by atoms with Gasteiger partial charge in [-0.05, 0) is 36.7 Å². The Morgan fingerprint density at radius 3 is 2.86 bits per heavy atom. The van der Waals surface area contributed by atoms with Crippen molar-refractivity contribution in [2.24, 2.45) is 7.05 Å². The number of nitrogens with one attached hydrogen (secondary N) is 1. The van der Waals surface area contributed by atoms with Crippen LogP contribution in [0.15, 0.2) is 30.6 Å². The topological polar surface area (TPSA) is 39.1 Å². The Hall–Kier alpha value is -1.52. The molecule has 4 nitrogen and oxygen atoms in total. The maximum Gasteiger partial charge on any atom is 0.137 e. The molecule has 0 radical (unpaired) electrons. The van der Waals surface area contributed by atoms with Crippen LogP contribution in [-0.2, 0) is 13.5 Å². The summed E-state index contributed by atoms with van der Waals surface area (Å²) in [6, 6.07) is 6.25. The molecule has 1 unspecified atom stereocenters. The van der Waals surface area contributed by atoms with E-state index in [2.05, 4.69) is 30.3 Å². The van der Waals surface area contributed by atoms with Gasteiger partial charge in [0.15, 0.2) is 0 Å². The number of aryl methyl sites for hydroxylation is 1. The predicted molar refractivity (Wildman–Crippen MR) is 86.0 cm³/mol. The first-order valence-corrected chi connectivity index (χ1v) is 7.61. The van der Waals surface area contributed by atoms with Crippen LogP contribution in [0, 0.1) is 0 Å². The average Bonchev–Trinajstić information content (AvgIpc) is 2.86. The first-order chi connectivity index (χ1) is 10.1. The van der Waals surface area contributed by atoms with Crippen molar-refractivity contribution in [3.05, 3.63) is 46.7 Å². The minimum atomic E-state index is 0.289. The van der Waals surface area contributed by atoms with Gasteiger partial charge in [-0.15, -0.1) is 0 Å². The van der Waals surface area contributed by atoms with Gasteiger partial charge in [-0.3, -0.25) is 4.68 Å². The Kier molecular flexibility index (Phi) is 5.65. The van der Waals surface area contributed by atoms with E-state index in [1.165, 1.54) is 5.56 Å². The van der Waals surface area contributed by atoms with Crippen LogP contribution in [-0.4, -0.2) is 22.9 Å². The zero-order valence-electron chi connectivity index (χ0n) is 12.8. The van der Waals surface area contributed by atoms with E-state index in [1.54, 1.807) is 4.68 Å². The van der Waals surface area contributed by atoms with E-state index >= 15 is 0 Å². The maximum atomic E-state index is 6.29. The minimum absolute atomic E-state index is 0.289. The van der Waals surface area contributed by atoms with Crippen LogP contribution in [0.5, 0.6) is 5.75 Å². The molecular formula is C16H22ClN3O. The number of nitrogens with zero attached hydrogens (tertiary/aromatic N) is 2. The Morgan fingerprint density at radius 1 is 1.43 bits per heavy atom. The Balaban J connectivity index is 1.91. The van der Waals surface area contributed by atoms with Crippen molar-refractivity contribution in [1.82, 2.24) is 15.1 Å². The van der Waals surface area contributed by atoms with Crippen LogP contribution >= 0.6 is 11.6 Å². The monoisotopic (exact) mass is 307 g/mol. The molecule has 1 aromatic carbocycles. The SMILES string of the molecule is CCNC(C)c1ccc(OCCc2cnn(C)c2)c(Cl)c1. The van der Waals surface area contributed by atoms with Gasteiger partial charge < -0.3 is 10.1 Å². The molecule has 0 fully saturated rings. The van der Waals surface area contributed by atoms with Gasteiger partial charge in [0.05, 0.1) is 17.8 Å². The molecule has 114 valence electrons. The molecule has 5 heteroatoms. The third-order valence-corrected chi connectivity index (χ3v) is 3.67. The molecule has 21 heavy (non-hydrogen) atoms. The highest BCUT2D eigenvalue weighted by atomic mass is 35.5. The fourth-order valence-electron chi connectivity index (χ4n) is 2.21. The van der Waals surface area contributed by atoms with Gasteiger partial charge in [-0.2, -0.15) is 5.10 Å². The van der Waals surface area contributed by atoms with Gasteiger partial charge in [0.1, 0.15) is 5.75 Å². The van der Waals surface area contributed by atoms with Crippen molar-refractivity contribution < 1.29 is 4.74 Å². The van der Waals surface area contributed by atoms with Crippen molar-refractivity contribution in [3.8, 4) is 5.75 Å². The van der Waals surface area contributed by atoms with Crippen LogP contribution in [0.4, 0.5) is 0 Å². The van der Waals surface area contributed by atoms with E-state index in [0.717, 1.165) is 24.3 Å². The molecule has 0 saturated heterocycles. The molecule has 2 aromatic rings. The van der Waals surface area contributed by atoms with Crippen molar-refractivity contribution in [2.45, 2.75) is 26.3 Å². The van der Waals surface area contributed by atoms with E-state index in [9.17, 15) is 0 Å². The lowest BCUT2D eigenvalue weighted by Gasteiger charge is -2.14. The Morgan fingerprint density at radius 2 is 2.24 bits per heavy atom. The fraction of sp³-hybridized carbons (Fsp3) is 0.438. The van der Waals surface area contributed by atoms with Crippen LogP contribution in [0.2, 0.25) is 5.02 Å². The first-order valence-electron chi connectivity index (χ1n) is 7.23. The van der Waals surface area contributed by atoms with Gasteiger partial charge in [0.25, 0.3) is 0 Å². The number of benzene rings is 1. The second-order valence-corrected chi connectivity index (χ2v) is 5.50. The third kappa shape index (κ3) is 4.48. The summed E-state index contributed by atoms with van der Waals surface area (Å²) in [5.74, 6) is 0.730. The highest BCUT2D eigenvalue weighted by molar-refractivity contribution is 6.32. The van der Waals surface area contributed by atoms with Gasteiger partial charge in [-0.25, -0.2) is 0 Å². The van der Waals surface area contributed by atoms with Crippen molar-refractivity contribution in [1.29, 1.82) is 0 Å². The summed E-state index contributed by atoms with van der Waals surface area (Å²) in [4.78, 5) is 0. The minimum Gasteiger partial charge on any atom is -0.492 e. The Labute approximate surface area is 131 Å². The zero-order chi connectivity index (χ0) is 15.2. The number of hydrogen-bond acceptors (Lipinski definition) is 3. The average molecular weight is 308 g/mol. The van der Waals surface area contributed by atoms with E-state index in [1.807, 2.05) is 31.6 Å². The first kappa shape index (κ1) is 15.9. The lowest BCUT2D eigenvalue weighted by Crippen LogP contribution is -2.17. The van der Waals surface area contributed by atoms with Crippen molar-refractivity contribution in [3.63, 3.8) is 0 Å². The van der Waals surface area contributed by atoms with E-state index in [-0.39, 0.29) is 6.04 Å². The largest absolute Gasteiger partial charge is 0.492 e. The lowest BCUT2D eigenvalue weighted by atomic mass is 10.1. The van der Waals surface area contributed by atoms with Gasteiger partial charge in [-0.1, -0.05) is 24.6 Å². The zero-order valence-corrected chi connectivity index (χ0v) is 13.5. The molecule has 0 saturated carbocycles. The number of aromatic nitrogens is 2. The standard InChI is InChI=1S/C16H22ClN3O/c1-4-18-12(2)14-5-6-16(15(17)9-14)21-8-7-13-10-19-20(3)11-13/h5-6,9-12,18H,4,7-8H2,1-3H3. The van der Waals surface area contributed by atoms with Crippen LogP contribution in [0.25, 0.3) is 0 Å². The number of rotatable bonds is 7. The highest BCUT2D eigenvalue weighted by Crippen LogP contribution is 2.28. The molecule has 0 spiro atoms. The third-order valence-electron chi connectivity index (χ3n) is 3.37. The summed E-state index contributed by atoms with van der Waals surface area (Å²) in [5, 5.41) is 8.16. The molecule has 0 aliphatic carbocycles. The number of ether oxygens (including phenoxy) is 1. The molecule has 0 aliphatic heterocycles. The van der Waals surface area contributed by atoms with Crippen LogP contribution in [0.3, 0.4) is 0 Å². The fourth-order valence-corrected chi connectivity index (χ4v) is 2.45. The second-order valence-electron chi connectivity index (χ2n) is 5.09.